The lowest BCUT2D eigenvalue weighted by Crippen LogP contribution is -2.54. The molecule has 0 heterocycles. The molecule has 0 saturated heterocycles. The maximum Gasteiger partial charge on any atom is 0.188 e. The van der Waals surface area contributed by atoms with Gasteiger partial charge in [0.15, 0.2) is 5.96 Å². The van der Waals surface area contributed by atoms with Crippen LogP contribution >= 0.6 is 24.0 Å². The topological polar surface area (TPSA) is 50.4 Å². The van der Waals surface area contributed by atoms with Gasteiger partial charge in [-0.1, -0.05) is 20.3 Å². The minimum Gasteiger partial charge on any atom is -0.370 e. The van der Waals surface area contributed by atoms with Crippen molar-refractivity contribution < 1.29 is 0 Å². The largest absolute Gasteiger partial charge is 0.370 e. The van der Waals surface area contributed by atoms with Crippen molar-refractivity contribution in [1.29, 1.82) is 0 Å². The Morgan fingerprint density at radius 3 is 2.44 bits per heavy atom. The first kappa shape index (κ1) is 14.1. The average molecular weight is 337 g/mol. The maximum atomic E-state index is 5.87. The summed E-state index contributed by atoms with van der Waals surface area (Å²) in [5.41, 5.74) is 6.27. The van der Waals surface area contributed by atoms with Crippen molar-refractivity contribution in [3.05, 3.63) is 0 Å². The molecular weight excluding hydrogens is 313 g/mol. The van der Waals surface area contributed by atoms with E-state index in [0.717, 1.165) is 12.5 Å². The molecule has 0 amide bonds. The molecule has 1 atom stereocenters. The second-order valence-corrected chi connectivity index (χ2v) is 5.75. The molecule has 0 aliphatic heterocycles. The summed E-state index contributed by atoms with van der Waals surface area (Å²) in [6, 6.07) is 0.530. The minimum absolute atomic E-state index is 0. The van der Waals surface area contributed by atoms with Gasteiger partial charge in [-0.2, -0.15) is 0 Å². The van der Waals surface area contributed by atoms with Crippen LogP contribution in [0, 0.1) is 11.3 Å². The number of aliphatic imine (C=N–C) groups is 1. The van der Waals surface area contributed by atoms with Gasteiger partial charge in [0.1, 0.15) is 0 Å². The summed E-state index contributed by atoms with van der Waals surface area (Å²) >= 11 is 0. The Morgan fingerprint density at radius 2 is 2.06 bits per heavy atom. The highest BCUT2D eigenvalue weighted by molar-refractivity contribution is 14.0. The summed E-state index contributed by atoms with van der Waals surface area (Å²) in [6.07, 6.45) is 6.58. The highest BCUT2D eigenvalue weighted by Crippen LogP contribution is 2.39. The van der Waals surface area contributed by atoms with E-state index in [0.29, 0.717) is 17.4 Å². The van der Waals surface area contributed by atoms with Crippen LogP contribution in [-0.4, -0.2) is 18.5 Å². The number of hydrogen-bond donors (Lipinski definition) is 2. The van der Waals surface area contributed by atoms with Crippen molar-refractivity contribution >= 4 is 29.9 Å². The number of rotatable bonds is 3. The SMILES string of the molecule is CC1(C)CCC1NC(N)=NCC1CCC1.I. The summed E-state index contributed by atoms with van der Waals surface area (Å²) in [6.45, 7) is 5.49. The highest BCUT2D eigenvalue weighted by atomic mass is 127. The fourth-order valence-corrected chi connectivity index (χ4v) is 2.26. The average Bonchev–Trinajstić information content (AvgIpc) is 2.10. The molecule has 3 nitrogen and oxygen atoms in total. The van der Waals surface area contributed by atoms with Gasteiger partial charge in [-0.3, -0.25) is 4.99 Å². The van der Waals surface area contributed by atoms with Crippen LogP contribution in [0.2, 0.25) is 0 Å². The number of hydrogen-bond acceptors (Lipinski definition) is 1. The van der Waals surface area contributed by atoms with Crippen LogP contribution in [-0.2, 0) is 0 Å². The first-order valence-corrected chi connectivity index (χ1v) is 6.14. The lowest BCUT2D eigenvalue weighted by molar-refractivity contribution is 0.126. The Hall–Kier alpha value is 0. The first-order chi connectivity index (χ1) is 7.08. The molecule has 0 aromatic carbocycles. The van der Waals surface area contributed by atoms with Crippen LogP contribution in [0.4, 0.5) is 0 Å². The molecule has 2 aliphatic rings. The van der Waals surface area contributed by atoms with E-state index < -0.39 is 0 Å². The summed E-state index contributed by atoms with van der Waals surface area (Å²) in [5, 5.41) is 3.34. The van der Waals surface area contributed by atoms with Crippen molar-refractivity contribution in [2.75, 3.05) is 6.54 Å². The molecule has 0 aromatic rings. The summed E-state index contributed by atoms with van der Waals surface area (Å²) < 4.78 is 0. The number of nitrogens with zero attached hydrogens (tertiary/aromatic N) is 1. The molecule has 2 saturated carbocycles. The van der Waals surface area contributed by atoms with E-state index in [9.17, 15) is 0 Å². The van der Waals surface area contributed by atoms with Gasteiger partial charge in [0.2, 0.25) is 0 Å². The van der Waals surface area contributed by atoms with Gasteiger partial charge in [0.05, 0.1) is 0 Å². The molecule has 2 rings (SSSR count). The van der Waals surface area contributed by atoms with Crippen LogP contribution in [0.1, 0.15) is 46.0 Å². The van der Waals surface area contributed by atoms with Crippen molar-refractivity contribution in [3.63, 3.8) is 0 Å². The van der Waals surface area contributed by atoms with Gasteiger partial charge in [-0.15, -0.1) is 24.0 Å². The monoisotopic (exact) mass is 337 g/mol. The molecule has 0 bridgehead atoms. The Balaban J connectivity index is 0.00000128. The summed E-state index contributed by atoms with van der Waals surface area (Å²) in [5.74, 6) is 1.46. The lowest BCUT2D eigenvalue weighted by atomic mass is 9.67. The van der Waals surface area contributed by atoms with Crippen molar-refractivity contribution in [1.82, 2.24) is 5.32 Å². The first-order valence-electron chi connectivity index (χ1n) is 6.14. The summed E-state index contributed by atoms with van der Waals surface area (Å²) in [7, 11) is 0. The predicted octanol–water partition coefficient (Wildman–Crippen LogP) is 2.50. The van der Waals surface area contributed by atoms with E-state index in [1.165, 1.54) is 32.1 Å². The third-order valence-electron chi connectivity index (χ3n) is 4.09. The Bertz CT molecular complexity index is 259. The van der Waals surface area contributed by atoms with E-state index in [1.807, 2.05) is 0 Å². The molecule has 1 unspecified atom stereocenters. The second kappa shape index (κ2) is 5.56. The van der Waals surface area contributed by atoms with Crippen LogP contribution in [0.25, 0.3) is 0 Å². The number of nitrogens with two attached hydrogens (primary N) is 1. The second-order valence-electron chi connectivity index (χ2n) is 5.75. The van der Waals surface area contributed by atoms with Gasteiger partial charge in [0.25, 0.3) is 0 Å². The smallest absolute Gasteiger partial charge is 0.188 e. The van der Waals surface area contributed by atoms with Crippen LogP contribution < -0.4 is 11.1 Å². The number of nitrogens with one attached hydrogen (secondary N) is 1. The standard InChI is InChI=1S/C12H23N3.HI/c1-12(2)7-6-10(12)15-11(13)14-8-9-4-3-5-9;/h9-10H,3-8H2,1-2H3,(H3,13,14,15);1H. The van der Waals surface area contributed by atoms with Gasteiger partial charge in [-0.05, 0) is 37.0 Å². The molecule has 0 radical (unpaired) electrons. The Kier molecular flexibility index (Phi) is 4.88. The van der Waals surface area contributed by atoms with E-state index in [-0.39, 0.29) is 24.0 Å². The fraction of sp³-hybridized carbons (Fsp3) is 0.917. The van der Waals surface area contributed by atoms with Gasteiger partial charge < -0.3 is 11.1 Å². The van der Waals surface area contributed by atoms with Gasteiger partial charge in [0, 0.05) is 12.6 Å². The third-order valence-corrected chi connectivity index (χ3v) is 4.09. The predicted molar refractivity (Wildman–Crippen MR) is 79.2 cm³/mol. The maximum absolute atomic E-state index is 5.87. The number of guanidine groups is 1. The zero-order chi connectivity index (χ0) is 10.9. The normalized spacial score (nSPS) is 28.6. The zero-order valence-electron chi connectivity index (χ0n) is 10.3. The Morgan fingerprint density at radius 1 is 1.38 bits per heavy atom. The fourth-order valence-electron chi connectivity index (χ4n) is 2.26. The zero-order valence-corrected chi connectivity index (χ0v) is 12.7. The summed E-state index contributed by atoms with van der Waals surface area (Å²) in [4.78, 5) is 4.42. The van der Waals surface area contributed by atoms with Crippen molar-refractivity contribution in [2.45, 2.75) is 52.0 Å². The molecule has 3 N–H and O–H groups in total. The van der Waals surface area contributed by atoms with Crippen LogP contribution in [0.5, 0.6) is 0 Å². The minimum atomic E-state index is 0. The molecule has 2 fully saturated rings. The molecule has 2 aliphatic carbocycles. The van der Waals surface area contributed by atoms with Crippen LogP contribution in [0.3, 0.4) is 0 Å². The highest BCUT2D eigenvalue weighted by Gasteiger charge is 2.38. The van der Waals surface area contributed by atoms with Crippen molar-refractivity contribution in [2.24, 2.45) is 22.1 Å². The van der Waals surface area contributed by atoms with Crippen LogP contribution in [0.15, 0.2) is 4.99 Å². The quantitative estimate of drug-likeness (QED) is 0.472. The van der Waals surface area contributed by atoms with Gasteiger partial charge >= 0.3 is 0 Å². The third kappa shape index (κ3) is 3.25. The Labute approximate surface area is 116 Å². The van der Waals surface area contributed by atoms with Gasteiger partial charge in [-0.25, -0.2) is 0 Å². The molecule has 16 heavy (non-hydrogen) atoms. The van der Waals surface area contributed by atoms with Crippen molar-refractivity contribution in [3.8, 4) is 0 Å². The molecule has 94 valence electrons. The lowest BCUT2D eigenvalue weighted by Gasteiger charge is -2.45. The molecule has 0 spiro atoms. The van der Waals surface area contributed by atoms with E-state index in [1.54, 1.807) is 0 Å². The van der Waals surface area contributed by atoms with E-state index >= 15 is 0 Å². The van der Waals surface area contributed by atoms with E-state index in [2.05, 4.69) is 24.2 Å². The van der Waals surface area contributed by atoms with E-state index in [4.69, 9.17) is 5.73 Å². The molecular formula is C12H24IN3. The molecule has 0 aromatic heterocycles. The molecule has 4 heteroatoms. The number of halogens is 1.